The quantitative estimate of drug-likeness (QED) is 0.393. The molecule has 1 saturated heterocycles. The zero-order valence-electron chi connectivity index (χ0n) is 13.2. The largest absolute Gasteiger partial charge is 0.424 e. The van der Waals surface area contributed by atoms with Crippen LogP contribution in [-0.2, 0) is 17.4 Å². The summed E-state index contributed by atoms with van der Waals surface area (Å²) in [5.74, 6) is -0.317. The molecular weight excluding hydrogens is 442 g/mol. The van der Waals surface area contributed by atoms with Crippen molar-refractivity contribution in [3.05, 3.63) is 18.2 Å². The molecule has 1 fully saturated rings. The molecule has 0 bridgehead atoms. The molecular formula is C13H21F3IN5O2. The highest BCUT2D eigenvalue weighted by atomic mass is 127. The lowest BCUT2D eigenvalue weighted by Crippen LogP contribution is -2.46. The van der Waals surface area contributed by atoms with Crippen molar-refractivity contribution in [2.75, 3.05) is 32.8 Å². The lowest BCUT2D eigenvalue weighted by molar-refractivity contribution is -0.272. The smallest absolute Gasteiger partial charge is 0.378 e. The summed E-state index contributed by atoms with van der Waals surface area (Å²) in [5, 5.41) is 10.2. The third-order valence-electron chi connectivity index (χ3n) is 3.74. The lowest BCUT2D eigenvalue weighted by Gasteiger charge is -2.30. The summed E-state index contributed by atoms with van der Waals surface area (Å²) in [6, 6.07) is 0. The van der Waals surface area contributed by atoms with E-state index in [-0.39, 0.29) is 36.5 Å². The van der Waals surface area contributed by atoms with E-state index in [9.17, 15) is 18.3 Å². The van der Waals surface area contributed by atoms with Crippen molar-refractivity contribution in [3.8, 4) is 0 Å². The second kappa shape index (κ2) is 8.34. The first-order chi connectivity index (χ1) is 10.8. The highest BCUT2D eigenvalue weighted by Crippen LogP contribution is 2.40. The van der Waals surface area contributed by atoms with Crippen molar-refractivity contribution in [2.24, 2.45) is 17.8 Å². The predicted octanol–water partition coefficient (Wildman–Crippen LogP) is 0.825. The van der Waals surface area contributed by atoms with Crippen LogP contribution in [0.2, 0.25) is 0 Å². The zero-order valence-corrected chi connectivity index (χ0v) is 15.5. The Morgan fingerprint density at radius 1 is 1.42 bits per heavy atom. The van der Waals surface area contributed by atoms with Gasteiger partial charge in [0.2, 0.25) is 5.60 Å². The van der Waals surface area contributed by atoms with Gasteiger partial charge in [0.15, 0.2) is 5.96 Å². The van der Waals surface area contributed by atoms with Crippen LogP contribution in [0.4, 0.5) is 13.2 Å². The number of aromatic nitrogens is 2. The first-order valence-corrected chi connectivity index (χ1v) is 7.15. The Labute approximate surface area is 154 Å². The highest BCUT2D eigenvalue weighted by molar-refractivity contribution is 14.0. The number of morpholine rings is 1. The Morgan fingerprint density at radius 2 is 2.04 bits per heavy atom. The fourth-order valence-electron chi connectivity index (χ4n) is 2.37. The molecule has 24 heavy (non-hydrogen) atoms. The summed E-state index contributed by atoms with van der Waals surface area (Å²) < 4.78 is 46.3. The molecule has 3 N–H and O–H groups in total. The van der Waals surface area contributed by atoms with Gasteiger partial charge in [-0.15, -0.1) is 24.0 Å². The van der Waals surface area contributed by atoms with Crippen LogP contribution in [0.3, 0.4) is 0 Å². The van der Waals surface area contributed by atoms with Crippen molar-refractivity contribution in [3.63, 3.8) is 0 Å². The van der Waals surface area contributed by atoms with Crippen LogP contribution in [0, 0.1) is 0 Å². The maximum atomic E-state index is 13.3. The maximum absolute atomic E-state index is 13.3. The van der Waals surface area contributed by atoms with Gasteiger partial charge in [-0.3, -0.25) is 4.99 Å². The van der Waals surface area contributed by atoms with Gasteiger partial charge in [0.1, 0.15) is 5.82 Å². The van der Waals surface area contributed by atoms with E-state index in [1.807, 2.05) is 0 Å². The molecule has 1 atom stereocenters. The molecule has 1 aromatic rings. The third-order valence-corrected chi connectivity index (χ3v) is 3.74. The molecule has 1 aliphatic rings. The zero-order chi connectivity index (χ0) is 17.1. The molecule has 0 amide bonds. The molecule has 0 spiro atoms. The summed E-state index contributed by atoms with van der Waals surface area (Å²) in [7, 11) is 1.39. The number of nitrogens with two attached hydrogens (primary N) is 1. The maximum Gasteiger partial charge on any atom is 0.424 e. The summed E-state index contributed by atoms with van der Waals surface area (Å²) >= 11 is 0. The average Bonchev–Trinajstić information content (AvgIpc) is 2.93. The Balaban J connectivity index is 0.00000288. The topological polar surface area (TPSA) is 88.9 Å². The van der Waals surface area contributed by atoms with E-state index >= 15 is 0 Å². The van der Waals surface area contributed by atoms with Gasteiger partial charge in [-0.1, -0.05) is 0 Å². The number of alkyl halides is 3. The van der Waals surface area contributed by atoms with Gasteiger partial charge in [-0.25, -0.2) is 4.98 Å². The normalized spacial score (nSPS) is 18.9. The fourth-order valence-corrected chi connectivity index (χ4v) is 2.37. The average molecular weight is 463 g/mol. The molecule has 0 saturated carbocycles. The number of nitrogens with zero attached hydrogens (tertiary/aromatic N) is 4. The van der Waals surface area contributed by atoms with E-state index in [1.165, 1.54) is 19.4 Å². The van der Waals surface area contributed by atoms with Gasteiger partial charge in [0.25, 0.3) is 0 Å². The van der Waals surface area contributed by atoms with Crippen LogP contribution < -0.4 is 5.73 Å². The Hall–Kier alpha value is -1.08. The van der Waals surface area contributed by atoms with E-state index in [2.05, 4.69) is 9.98 Å². The minimum Gasteiger partial charge on any atom is -0.378 e. The molecule has 7 nitrogen and oxygen atoms in total. The number of guanidine groups is 1. The van der Waals surface area contributed by atoms with Crippen molar-refractivity contribution in [1.29, 1.82) is 0 Å². The summed E-state index contributed by atoms with van der Waals surface area (Å²) in [4.78, 5) is 9.31. The number of halogens is 4. The molecule has 0 aromatic carbocycles. The van der Waals surface area contributed by atoms with Gasteiger partial charge >= 0.3 is 6.18 Å². The second-order valence-electron chi connectivity index (χ2n) is 5.31. The first-order valence-electron chi connectivity index (χ1n) is 7.15. The number of aryl methyl sites for hydroxylation is 1. The Kier molecular flexibility index (Phi) is 7.28. The van der Waals surface area contributed by atoms with Gasteiger partial charge in [-0.2, -0.15) is 13.2 Å². The predicted molar refractivity (Wildman–Crippen MR) is 92.1 cm³/mol. The number of aliphatic imine (C=N–C) groups is 1. The van der Waals surface area contributed by atoms with Gasteiger partial charge in [0.05, 0.1) is 13.2 Å². The standard InChI is InChI=1S/C13H20F3N5O2.HI/c1-20-5-4-18-10(20)12(22,13(14,15)16)2-3-19-11(17)21-6-8-23-9-7-21;/h4-5,22H,2-3,6-9H2,1H3,(H2,17,19);1H. The van der Waals surface area contributed by atoms with Crippen molar-refractivity contribution >= 4 is 29.9 Å². The molecule has 2 heterocycles. The van der Waals surface area contributed by atoms with Crippen LogP contribution in [0.25, 0.3) is 0 Å². The minimum absolute atomic E-state index is 0. The molecule has 138 valence electrons. The molecule has 0 radical (unpaired) electrons. The molecule has 1 aromatic heterocycles. The first kappa shape index (κ1) is 21.0. The minimum atomic E-state index is -4.87. The SMILES string of the molecule is Cn1ccnc1C(O)(CCN=C(N)N1CCOCC1)C(F)(F)F.I. The van der Waals surface area contributed by atoms with E-state index in [1.54, 1.807) is 4.90 Å². The molecule has 11 heteroatoms. The lowest BCUT2D eigenvalue weighted by atomic mass is 9.98. The number of aliphatic hydroxyl groups is 1. The van der Waals surface area contributed by atoms with Crippen molar-refractivity contribution < 1.29 is 23.0 Å². The molecule has 1 aliphatic heterocycles. The number of imidazole rings is 1. The van der Waals surface area contributed by atoms with Crippen LogP contribution in [-0.4, -0.2) is 64.5 Å². The molecule has 2 rings (SSSR count). The van der Waals surface area contributed by atoms with Crippen LogP contribution in [0.15, 0.2) is 17.4 Å². The van der Waals surface area contributed by atoms with Crippen molar-refractivity contribution in [2.45, 2.75) is 18.2 Å². The number of hydrogen-bond donors (Lipinski definition) is 2. The van der Waals surface area contributed by atoms with Crippen LogP contribution in [0.5, 0.6) is 0 Å². The summed E-state index contributed by atoms with van der Waals surface area (Å²) in [5.41, 5.74) is 2.70. The second-order valence-corrected chi connectivity index (χ2v) is 5.31. The van der Waals surface area contributed by atoms with Gasteiger partial charge in [-0.05, 0) is 0 Å². The van der Waals surface area contributed by atoms with Crippen LogP contribution >= 0.6 is 24.0 Å². The highest BCUT2D eigenvalue weighted by Gasteiger charge is 2.57. The Morgan fingerprint density at radius 3 is 2.54 bits per heavy atom. The third kappa shape index (κ3) is 4.51. The number of ether oxygens (including phenoxy) is 1. The number of rotatable bonds is 4. The van der Waals surface area contributed by atoms with Gasteiger partial charge < -0.3 is 25.0 Å². The Bertz CT molecular complexity index is 560. The van der Waals surface area contributed by atoms with Gasteiger partial charge in [0, 0.05) is 45.5 Å². The fraction of sp³-hybridized carbons (Fsp3) is 0.692. The van der Waals surface area contributed by atoms with E-state index in [4.69, 9.17) is 10.5 Å². The van der Waals surface area contributed by atoms with E-state index in [0.717, 1.165) is 4.57 Å². The molecule has 1 unspecified atom stereocenters. The van der Waals surface area contributed by atoms with Crippen LogP contribution in [0.1, 0.15) is 12.2 Å². The summed E-state index contributed by atoms with van der Waals surface area (Å²) in [6.45, 7) is 1.80. The van der Waals surface area contributed by atoms with E-state index < -0.39 is 24.0 Å². The van der Waals surface area contributed by atoms with Crippen molar-refractivity contribution in [1.82, 2.24) is 14.5 Å². The van der Waals surface area contributed by atoms with E-state index in [0.29, 0.717) is 26.3 Å². The summed E-state index contributed by atoms with van der Waals surface area (Å²) in [6.07, 6.45) is -2.98. The molecule has 0 aliphatic carbocycles. The number of hydrogen-bond acceptors (Lipinski definition) is 4. The monoisotopic (exact) mass is 463 g/mol.